The van der Waals surface area contributed by atoms with E-state index in [9.17, 15) is 4.21 Å². The molecule has 4 heterocycles. The molecule has 26 heavy (non-hydrogen) atoms. The van der Waals surface area contributed by atoms with Crippen LogP contribution in [0.1, 0.15) is 12.8 Å². The first-order chi connectivity index (χ1) is 12.8. The lowest BCUT2D eigenvalue weighted by Gasteiger charge is -2.03. The van der Waals surface area contributed by atoms with Gasteiger partial charge in [-0.3, -0.25) is 14.2 Å². The van der Waals surface area contributed by atoms with Crippen LogP contribution in [0.4, 0.5) is 0 Å². The van der Waals surface area contributed by atoms with E-state index in [2.05, 4.69) is 19.9 Å². The van der Waals surface area contributed by atoms with Gasteiger partial charge in [0.05, 0.1) is 21.2 Å². The first-order valence-corrected chi connectivity index (χ1v) is 11.2. The van der Waals surface area contributed by atoms with Crippen LogP contribution in [-0.2, 0) is 10.8 Å². The molecule has 0 radical (unpaired) electrons. The van der Waals surface area contributed by atoms with E-state index in [1.165, 1.54) is 35.5 Å². The molecule has 0 aromatic carbocycles. The number of fused-ring (bicyclic) bond motifs is 1. The number of aromatic nitrogens is 5. The largest absolute Gasteiger partial charge is 0.261 e. The van der Waals surface area contributed by atoms with E-state index in [0.29, 0.717) is 23.1 Å². The number of hydrogen-bond donors (Lipinski definition) is 0. The van der Waals surface area contributed by atoms with Crippen molar-refractivity contribution in [1.82, 2.24) is 24.9 Å². The molecule has 1 aliphatic rings. The lowest BCUT2D eigenvalue weighted by atomic mass is 10.2. The summed E-state index contributed by atoms with van der Waals surface area (Å²) < 4.78 is 13.5. The van der Waals surface area contributed by atoms with E-state index in [1.807, 2.05) is 11.4 Å². The molecule has 0 N–H and O–H groups in total. The summed E-state index contributed by atoms with van der Waals surface area (Å²) in [5.41, 5.74) is 1.38. The van der Waals surface area contributed by atoms with E-state index in [4.69, 9.17) is 4.98 Å². The topological polar surface area (TPSA) is 81.5 Å². The summed E-state index contributed by atoms with van der Waals surface area (Å²) in [7, 11) is -0.990. The number of hydrogen-bond acceptors (Lipinski definition) is 8. The maximum absolute atomic E-state index is 12.7. The zero-order valence-electron chi connectivity index (χ0n) is 13.5. The highest BCUT2D eigenvalue weighted by atomic mass is 32.2. The first kappa shape index (κ1) is 16.1. The molecule has 1 aliphatic carbocycles. The maximum Gasteiger partial charge on any atom is 0.190 e. The SMILES string of the molecule is O=S(CC1CC1)c1cc2c(-c3cnccn3)nc(-c3nccs3)nc2s1. The van der Waals surface area contributed by atoms with Crippen molar-refractivity contribution in [3.8, 4) is 22.2 Å². The van der Waals surface area contributed by atoms with E-state index >= 15 is 0 Å². The van der Waals surface area contributed by atoms with Crippen LogP contribution in [0.3, 0.4) is 0 Å². The van der Waals surface area contributed by atoms with Crippen LogP contribution in [0.15, 0.2) is 40.4 Å². The smallest absolute Gasteiger partial charge is 0.190 e. The third-order valence-corrected chi connectivity index (χ3v) is 7.85. The fourth-order valence-electron chi connectivity index (χ4n) is 2.64. The van der Waals surface area contributed by atoms with Gasteiger partial charge in [0.25, 0.3) is 0 Å². The lowest BCUT2D eigenvalue weighted by Crippen LogP contribution is -1.97. The van der Waals surface area contributed by atoms with Gasteiger partial charge >= 0.3 is 0 Å². The number of thiazole rings is 1. The monoisotopic (exact) mass is 399 g/mol. The van der Waals surface area contributed by atoms with Crippen molar-refractivity contribution in [3.05, 3.63) is 36.2 Å². The minimum Gasteiger partial charge on any atom is -0.261 e. The molecule has 5 rings (SSSR count). The molecule has 1 saturated carbocycles. The van der Waals surface area contributed by atoms with Gasteiger partial charge in [0.2, 0.25) is 0 Å². The Kier molecular flexibility index (Phi) is 4.07. The second kappa shape index (κ2) is 6.57. The van der Waals surface area contributed by atoms with Crippen LogP contribution in [-0.4, -0.2) is 34.9 Å². The van der Waals surface area contributed by atoms with Crippen molar-refractivity contribution >= 4 is 43.7 Å². The molecule has 6 nitrogen and oxygen atoms in total. The highest BCUT2D eigenvalue weighted by Gasteiger charge is 2.26. The molecule has 1 fully saturated rings. The minimum absolute atomic E-state index is 0.564. The summed E-state index contributed by atoms with van der Waals surface area (Å²) in [4.78, 5) is 23.1. The summed E-state index contributed by atoms with van der Waals surface area (Å²) in [6.45, 7) is 0. The average molecular weight is 400 g/mol. The Morgan fingerprint density at radius 2 is 2.08 bits per heavy atom. The first-order valence-electron chi connectivity index (χ1n) is 8.14. The molecule has 0 aliphatic heterocycles. The van der Waals surface area contributed by atoms with Crippen LogP contribution in [0.25, 0.3) is 32.4 Å². The van der Waals surface area contributed by atoms with Crippen molar-refractivity contribution in [1.29, 1.82) is 0 Å². The van der Waals surface area contributed by atoms with Gasteiger partial charge in [0.1, 0.15) is 16.2 Å². The normalized spacial score (nSPS) is 15.4. The number of rotatable bonds is 5. The number of nitrogens with zero attached hydrogens (tertiary/aromatic N) is 5. The standard InChI is InChI=1S/C17H13N5OS3/c23-26(9-10-1-2-10)13-7-11-14(12-8-18-3-4-19-12)21-15(22-16(11)25-13)17-20-5-6-24-17/h3-8,10H,1-2,9H2. The molecule has 9 heteroatoms. The predicted molar refractivity (Wildman–Crippen MR) is 104 cm³/mol. The number of thiophene rings is 1. The van der Waals surface area contributed by atoms with Crippen molar-refractivity contribution < 1.29 is 4.21 Å². The van der Waals surface area contributed by atoms with Crippen molar-refractivity contribution in [2.24, 2.45) is 5.92 Å². The van der Waals surface area contributed by atoms with Crippen LogP contribution in [0.5, 0.6) is 0 Å². The second-order valence-corrected chi connectivity index (χ2v) is 9.71. The third-order valence-electron chi connectivity index (χ3n) is 4.11. The Bertz CT molecular complexity index is 1090. The predicted octanol–water partition coefficient (Wildman–Crippen LogP) is 3.79. The van der Waals surface area contributed by atoms with Gasteiger partial charge in [0.15, 0.2) is 10.8 Å². The molecule has 0 bridgehead atoms. The Morgan fingerprint density at radius 1 is 1.15 bits per heavy atom. The molecule has 1 atom stereocenters. The van der Waals surface area contributed by atoms with E-state index in [0.717, 1.165) is 25.2 Å². The van der Waals surface area contributed by atoms with Gasteiger partial charge in [-0.05, 0) is 24.8 Å². The quantitative estimate of drug-likeness (QED) is 0.508. The molecular formula is C17H13N5OS3. The zero-order chi connectivity index (χ0) is 17.5. The van der Waals surface area contributed by atoms with E-state index < -0.39 is 10.8 Å². The summed E-state index contributed by atoms with van der Waals surface area (Å²) >= 11 is 2.96. The fourth-order valence-corrected chi connectivity index (χ4v) is 5.96. The highest BCUT2D eigenvalue weighted by molar-refractivity contribution is 7.87. The molecule has 4 aromatic heterocycles. The van der Waals surface area contributed by atoms with Crippen LogP contribution < -0.4 is 0 Å². The minimum atomic E-state index is -0.990. The van der Waals surface area contributed by atoms with Gasteiger partial charge < -0.3 is 0 Å². The van der Waals surface area contributed by atoms with Gasteiger partial charge in [-0.25, -0.2) is 15.0 Å². The lowest BCUT2D eigenvalue weighted by molar-refractivity contribution is 0.681. The molecule has 4 aromatic rings. The van der Waals surface area contributed by atoms with Crippen molar-refractivity contribution in [2.45, 2.75) is 17.1 Å². The van der Waals surface area contributed by atoms with Crippen molar-refractivity contribution in [3.63, 3.8) is 0 Å². The average Bonchev–Trinajstić information content (AvgIpc) is 3.15. The zero-order valence-corrected chi connectivity index (χ0v) is 16.0. The summed E-state index contributed by atoms with van der Waals surface area (Å²) in [5.74, 6) is 1.91. The maximum atomic E-state index is 12.7. The molecule has 0 spiro atoms. The Morgan fingerprint density at radius 3 is 2.81 bits per heavy atom. The van der Waals surface area contributed by atoms with Crippen LogP contribution >= 0.6 is 22.7 Å². The molecule has 0 saturated heterocycles. The van der Waals surface area contributed by atoms with Gasteiger partial charge in [-0.1, -0.05) is 0 Å². The molecule has 130 valence electrons. The summed E-state index contributed by atoms with van der Waals surface area (Å²) in [6.07, 6.45) is 9.08. The fraction of sp³-hybridized carbons (Fsp3) is 0.235. The van der Waals surface area contributed by atoms with E-state index in [-0.39, 0.29) is 0 Å². The molecule has 0 amide bonds. The summed E-state index contributed by atoms with van der Waals surface area (Å²) in [5, 5.41) is 3.52. The second-order valence-electron chi connectivity index (χ2n) is 6.06. The van der Waals surface area contributed by atoms with Gasteiger partial charge in [0, 0.05) is 35.1 Å². The Labute approximate surface area is 159 Å². The molecule has 1 unspecified atom stereocenters. The highest BCUT2D eigenvalue weighted by Crippen LogP contribution is 2.37. The van der Waals surface area contributed by atoms with Crippen molar-refractivity contribution in [2.75, 3.05) is 5.75 Å². The molecular weight excluding hydrogens is 386 g/mol. The Balaban J connectivity index is 1.68. The third kappa shape index (κ3) is 3.06. The van der Waals surface area contributed by atoms with Gasteiger partial charge in [-0.15, -0.1) is 22.7 Å². The van der Waals surface area contributed by atoms with E-state index in [1.54, 1.807) is 24.8 Å². The Hall–Kier alpha value is -2.10. The van der Waals surface area contributed by atoms with Crippen LogP contribution in [0, 0.1) is 5.92 Å². The summed E-state index contributed by atoms with van der Waals surface area (Å²) in [6, 6.07) is 1.95. The van der Waals surface area contributed by atoms with Crippen LogP contribution in [0.2, 0.25) is 0 Å². The van der Waals surface area contributed by atoms with Gasteiger partial charge in [-0.2, -0.15) is 0 Å².